The lowest BCUT2D eigenvalue weighted by atomic mass is 9.96. The van der Waals surface area contributed by atoms with Gasteiger partial charge in [0, 0.05) is 6.42 Å². The number of nitrogens with one attached hydrogen (secondary N) is 1. The molecule has 0 aromatic rings. The van der Waals surface area contributed by atoms with Gasteiger partial charge >= 0.3 is 6.09 Å². The zero-order valence-corrected chi connectivity index (χ0v) is 10.4. The molecule has 5 N–H and O–H groups in total. The molecule has 6 heteroatoms. The number of rotatable bonds is 9. The van der Waals surface area contributed by atoms with Crippen LogP contribution in [0.5, 0.6) is 0 Å². The van der Waals surface area contributed by atoms with Crippen molar-refractivity contribution in [3.8, 4) is 0 Å². The number of nitrogens with two attached hydrogens (primary N) is 2. The van der Waals surface area contributed by atoms with Gasteiger partial charge in [-0.15, -0.1) is 0 Å². The topological polar surface area (TPSA) is 107 Å². The van der Waals surface area contributed by atoms with Crippen molar-refractivity contribution < 1.29 is 14.3 Å². The maximum Gasteiger partial charge on any atom is 0.404 e. The summed E-state index contributed by atoms with van der Waals surface area (Å²) >= 11 is 0. The first-order valence-corrected chi connectivity index (χ1v) is 5.99. The first-order chi connectivity index (χ1) is 8.10. The van der Waals surface area contributed by atoms with Crippen molar-refractivity contribution >= 4 is 12.0 Å². The molecule has 0 aliphatic heterocycles. The van der Waals surface area contributed by atoms with Crippen LogP contribution in [0, 0.1) is 5.92 Å². The zero-order valence-electron chi connectivity index (χ0n) is 10.4. The van der Waals surface area contributed by atoms with Crippen LogP contribution in [0.25, 0.3) is 0 Å². The summed E-state index contributed by atoms with van der Waals surface area (Å²) in [5, 5.41) is 2.66. The molecule has 0 aromatic carbocycles. The van der Waals surface area contributed by atoms with E-state index in [2.05, 4.69) is 17.0 Å². The number of hydrogen-bond acceptors (Lipinski definition) is 4. The molecule has 0 rings (SSSR count). The van der Waals surface area contributed by atoms with Crippen LogP contribution in [-0.2, 0) is 9.53 Å². The first-order valence-electron chi connectivity index (χ1n) is 5.99. The largest absolute Gasteiger partial charge is 0.448 e. The van der Waals surface area contributed by atoms with Gasteiger partial charge < -0.3 is 21.5 Å². The van der Waals surface area contributed by atoms with Gasteiger partial charge in [-0.3, -0.25) is 4.79 Å². The molecular weight excluding hydrogens is 222 g/mol. The van der Waals surface area contributed by atoms with E-state index in [1.165, 1.54) is 0 Å². The van der Waals surface area contributed by atoms with Crippen LogP contribution in [0.3, 0.4) is 0 Å². The number of carbonyl (C=O) groups is 2. The minimum atomic E-state index is -0.826. The standard InChI is InChI=1S/C11H23N3O3/c1-2-9(5-6-12)3-4-10(15)14-7-8-17-11(13)16/h9H,2-8,12H2,1H3,(H2,13,16)(H,14,15). The fourth-order valence-electron chi connectivity index (χ4n) is 1.55. The molecule has 0 bridgehead atoms. The lowest BCUT2D eigenvalue weighted by Gasteiger charge is -2.13. The molecule has 0 spiro atoms. The molecule has 1 unspecified atom stereocenters. The van der Waals surface area contributed by atoms with Gasteiger partial charge in [-0.1, -0.05) is 13.3 Å². The van der Waals surface area contributed by atoms with E-state index >= 15 is 0 Å². The molecule has 6 nitrogen and oxygen atoms in total. The van der Waals surface area contributed by atoms with Crippen LogP contribution in [0.15, 0.2) is 0 Å². The third-order valence-corrected chi connectivity index (χ3v) is 2.60. The van der Waals surface area contributed by atoms with Gasteiger partial charge in [0.2, 0.25) is 5.91 Å². The normalized spacial score (nSPS) is 11.9. The maximum atomic E-state index is 11.4. The Morgan fingerprint density at radius 1 is 1.35 bits per heavy atom. The Morgan fingerprint density at radius 2 is 2.06 bits per heavy atom. The number of primary amides is 1. The van der Waals surface area contributed by atoms with Crippen LogP contribution >= 0.6 is 0 Å². The quantitative estimate of drug-likeness (QED) is 0.509. The predicted octanol–water partition coefficient (Wildman–Crippen LogP) is 0.353. The van der Waals surface area contributed by atoms with Gasteiger partial charge in [0.25, 0.3) is 0 Å². The minimum absolute atomic E-state index is 0.0338. The van der Waals surface area contributed by atoms with Crippen LogP contribution in [0.4, 0.5) is 4.79 Å². The van der Waals surface area contributed by atoms with E-state index in [0.29, 0.717) is 25.4 Å². The molecular formula is C11H23N3O3. The van der Waals surface area contributed by atoms with E-state index in [4.69, 9.17) is 11.5 Å². The monoisotopic (exact) mass is 245 g/mol. The molecule has 0 aromatic heterocycles. The van der Waals surface area contributed by atoms with E-state index in [0.717, 1.165) is 19.3 Å². The number of hydrogen-bond donors (Lipinski definition) is 3. The molecule has 17 heavy (non-hydrogen) atoms. The fourth-order valence-corrected chi connectivity index (χ4v) is 1.55. The second-order valence-corrected chi connectivity index (χ2v) is 3.91. The van der Waals surface area contributed by atoms with Crippen LogP contribution in [-0.4, -0.2) is 31.7 Å². The van der Waals surface area contributed by atoms with Crippen molar-refractivity contribution in [3.05, 3.63) is 0 Å². The summed E-state index contributed by atoms with van der Waals surface area (Å²) in [5.41, 5.74) is 10.3. The van der Waals surface area contributed by atoms with Gasteiger partial charge in [0.05, 0.1) is 6.54 Å². The second kappa shape index (κ2) is 9.89. The Balaban J connectivity index is 3.54. The van der Waals surface area contributed by atoms with Gasteiger partial charge in [-0.05, 0) is 25.3 Å². The van der Waals surface area contributed by atoms with Gasteiger partial charge in [-0.2, -0.15) is 0 Å². The Morgan fingerprint density at radius 3 is 2.59 bits per heavy atom. The Kier molecular flexibility index (Phi) is 9.14. The predicted molar refractivity (Wildman–Crippen MR) is 65.2 cm³/mol. The van der Waals surface area contributed by atoms with E-state index in [-0.39, 0.29) is 12.5 Å². The average molecular weight is 245 g/mol. The summed E-state index contributed by atoms with van der Waals surface area (Å²) in [6, 6.07) is 0. The van der Waals surface area contributed by atoms with Crippen LogP contribution < -0.4 is 16.8 Å². The number of ether oxygens (including phenoxy) is 1. The highest BCUT2D eigenvalue weighted by Crippen LogP contribution is 2.13. The average Bonchev–Trinajstić information content (AvgIpc) is 2.29. The Bertz CT molecular complexity index is 234. The van der Waals surface area contributed by atoms with Gasteiger partial charge in [0.15, 0.2) is 0 Å². The second-order valence-electron chi connectivity index (χ2n) is 3.91. The number of amides is 2. The van der Waals surface area contributed by atoms with Crippen molar-refractivity contribution in [3.63, 3.8) is 0 Å². The lowest BCUT2D eigenvalue weighted by molar-refractivity contribution is -0.121. The SMILES string of the molecule is CCC(CCN)CCC(=O)NCCOC(N)=O. The van der Waals surface area contributed by atoms with Crippen molar-refractivity contribution in [1.29, 1.82) is 0 Å². The third kappa shape index (κ3) is 9.62. The van der Waals surface area contributed by atoms with Gasteiger partial charge in [0.1, 0.15) is 6.61 Å². The summed E-state index contributed by atoms with van der Waals surface area (Å²) in [4.78, 5) is 21.6. The minimum Gasteiger partial charge on any atom is -0.448 e. The molecule has 0 radical (unpaired) electrons. The molecule has 2 amide bonds. The highest BCUT2D eigenvalue weighted by molar-refractivity contribution is 5.75. The van der Waals surface area contributed by atoms with Gasteiger partial charge in [-0.25, -0.2) is 4.79 Å². The Hall–Kier alpha value is -1.30. The summed E-state index contributed by atoms with van der Waals surface area (Å²) < 4.78 is 4.49. The molecule has 100 valence electrons. The summed E-state index contributed by atoms with van der Waals surface area (Å²) in [6.07, 6.45) is 2.49. The lowest BCUT2D eigenvalue weighted by Crippen LogP contribution is -2.29. The van der Waals surface area contributed by atoms with Crippen molar-refractivity contribution in [1.82, 2.24) is 5.32 Å². The highest BCUT2D eigenvalue weighted by atomic mass is 16.5. The summed E-state index contributed by atoms with van der Waals surface area (Å²) in [6.45, 7) is 3.17. The summed E-state index contributed by atoms with van der Waals surface area (Å²) in [7, 11) is 0. The van der Waals surface area contributed by atoms with Crippen molar-refractivity contribution in [2.24, 2.45) is 17.4 Å². The molecule has 1 atom stereocenters. The third-order valence-electron chi connectivity index (χ3n) is 2.60. The number of carbonyl (C=O) groups excluding carboxylic acids is 2. The Labute approximate surface area is 102 Å². The zero-order chi connectivity index (χ0) is 13.1. The van der Waals surface area contributed by atoms with E-state index < -0.39 is 6.09 Å². The molecule has 0 saturated heterocycles. The molecule has 0 aliphatic carbocycles. The van der Waals surface area contributed by atoms with Crippen LogP contribution in [0.1, 0.15) is 32.6 Å². The highest BCUT2D eigenvalue weighted by Gasteiger charge is 2.08. The molecule has 0 heterocycles. The summed E-state index contributed by atoms with van der Waals surface area (Å²) in [5.74, 6) is 0.473. The molecule has 0 fully saturated rings. The first kappa shape index (κ1) is 15.7. The smallest absolute Gasteiger partial charge is 0.404 e. The van der Waals surface area contributed by atoms with E-state index in [1.807, 2.05) is 0 Å². The molecule has 0 saturated carbocycles. The van der Waals surface area contributed by atoms with Crippen LogP contribution in [0.2, 0.25) is 0 Å². The van der Waals surface area contributed by atoms with E-state index in [1.54, 1.807) is 0 Å². The van der Waals surface area contributed by atoms with Crippen molar-refractivity contribution in [2.75, 3.05) is 19.7 Å². The van der Waals surface area contributed by atoms with Crippen molar-refractivity contribution in [2.45, 2.75) is 32.6 Å². The maximum absolute atomic E-state index is 11.4. The van der Waals surface area contributed by atoms with E-state index in [9.17, 15) is 9.59 Å². The fraction of sp³-hybridized carbons (Fsp3) is 0.818. The molecule has 0 aliphatic rings.